The van der Waals surface area contributed by atoms with E-state index in [1.165, 1.54) is 10.8 Å². The topological polar surface area (TPSA) is 24.1 Å². The van der Waals surface area contributed by atoms with Gasteiger partial charge in [-0.3, -0.25) is 0 Å². The predicted octanol–water partition coefficient (Wildman–Crippen LogP) is 9.04. The number of rotatable bonds is 4. The number of para-hydroxylation sites is 3. The van der Waals surface area contributed by atoms with Crippen LogP contribution >= 0.6 is 0 Å². The summed E-state index contributed by atoms with van der Waals surface area (Å²) in [5.41, 5.74) is 4.50. The quantitative estimate of drug-likeness (QED) is 0.304. The van der Waals surface area contributed by atoms with Crippen LogP contribution in [0.15, 0.2) is 133 Å². The van der Waals surface area contributed by atoms with Crippen molar-refractivity contribution in [2.45, 2.75) is 13.8 Å². The van der Waals surface area contributed by atoms with E-state index in [1.807, 2.05) is 92.7 Å². The Morgan fingerprint density at radius 1 is 0.375 bits per heavy atom. The summed E-state index contributed by atoms with van der Waals surface area (Å²) in [6.45, 7) is 4.00. The summed E-state index contributed by atoms with van der Waals surface area (Å²) in [5, 5.41) is 9.26. The van der Waals surface area contributed by atoms with Crippen LogP contribution in [0.25, 0.3) is 10.8 Å². The Hall–Kier alpha value is -4.04. The molecule has 0 atom stereocenters. The van der Waals surface area contributed by atoms with Gasteiger partial charge >= 0.3 is 0 Å². The minimum absolute atomic E-state index is 1.11. The van der Waals surface area contributed by atoms with Crippen molar-refractivity contribution in [1.82, 2.24) is 0 Å². The monoisotopic (exact) mass is 418 g/mol. The van der Waals surface area contributed by atoms with Gasteiger partial charge in [0, 0.05) is 28.1 Å². The lowest BCUT2D eigenvalue weighted by Crippen LogP contribution is -1.90. The molecule has 0 bridgehead atoms. The van der Waals surface area contributed by atoms with Gasteiger partial charge in [0.1, 0.15) is 0 Å². The molecule has 0 amide bonds. The van der Waals surface area contributed by atoms with E-state index in [0.29, 0.717) is 0 Å². The fourth-order valence-electron chi connectivity index (χ4n) is 3.22. The molecule has 0 aliphatic heterocycles. The van der Waals surface area contributed by atoms with Crippen molar-refractivity contribution in [2.75, 3.05) is 10.6 Å². The molecule has 2 N–H and O–H groups in total. The van der Waals surface area contributed by atoms with Crippen LogP contribution in [-0.2, 0) is 0 Å². The Labute approximate surface area is 191 Å². The molecule has 0 radical (unpaired) electrons. The fraction of sp³-hybridized carbons (Fsp3) is 0.0667. The van der Waals surface area contributed by atoms with Gasteiger partial charge in [0.05, 0.1) is 0 Å². The molecule has 5 aromatic rings. The van der Waals surface area contributed by atoms with E-state index in [-0.39, 0.29) is 0 Å². The molecule has 0 saturated heterocycles. The summed E-state index contributed by atoms with van der Waals surface area (Å²) in [4.78, 5) is 0. The standard InChI is InChI=1S/C16H13N.C12H11N.C2H6/c1-2-9-14(10-3-1)17-16-12-6-8-13-7-4-5-11-15(13)16;1-3-7-11(8-4-1)13-12-9-5-2-6-10-12;1-2/h1-12,17H;1-10,13H;1-2H3. The number of hydrogen-bond donors (Lipinski definition) is 2. The van der Waals surface area contributed by atoms with E-state index in [9.17, 15) is 0 Å². The molecule has 0 saturated carbocycles. The lowest BCUT2D eigenvalue weighted by molar-refractivity contribution is 1.50. The maximum Gasteiger partial charge on any atom is 0.0463 e. The molecule has 0 aromatic heterocycles. The molecule has 5 aromatic carbocycles. The summed E-state index contributed by atoms with van der Waals surface area (Å²) in [6.07, 6.45) is 0. The second-order valence-corrected chi connectivity index (χ2v) is 6.87. The zero-order chi connectivity index (χ0) is 22.4. The highest BCUT2D eigenvalue weighted by molar-refractivity contribution is 5.95. The second-order valence-electron chi connectivity index (χ2n) is 6.87. The third-order valence-electron chi connectivity index (χ3n) is 4.68. The Morgan fingerprint density at radius 2 is 0.781 bits per heavy atom. The van der Waals surface area contributed by atoms with Gasteiger partial charge in [0.15, 0.2) is 0 Å². The smallest absolute Gasteiger partial charge is 0.0463 e. The lowest BCUT2D eigenvalue weighted by Gasteiger charge is -2.09. The molecule has 0 aliphatic carbocycles. The third-order valence-corrected chi connectivity index (χ3v) is 4.68. The second kappa shape index (κ2) is 12.6. The van der Waals surface area contributed by atoms with Crippen molar-refractivity contribution in [3.05, 3.63) is 133 Å². The van der Waals surface area contributed by atoms with Crippen LogP contribution in [0.3, 0.4) is 0 Å². The van der Waals surface area contributed by atoms with Crippen molar-refractivity contribution in [1.29, 1.82) is 0 Å². The van der Waals surface area contributed by atoms with Gasteiger partial charge < -0.3 is 10.6 Å². The summed E-state index contributed by atoms with van der Waals surface area (Å²) < 4.78 is 0. The van der Waals surface area contributed by atoms with Crippen molar-refractivity contribution >= 4 is 33.5 Å². The van der Waals surface area contributed by atoms with Gasteiger partial charge in [0.25, 0.3) is 0 Å². The van der Waals surface area contributed by atoms with Crippen molar-refractivity contribution in [3.63, 3.8) is 0 Å². The molecule has 32 heavy (non-hydrogen) atoms. The van der Waals surface area contributed by atoms with Gasteiger partial charge in [-0.1, -0.05) is 105 Å². The summed E-state index contributed by atoms with van der Waals surface area (Å²) in [5.74, 6) is 0. The molecule has 5 rings (SSSR count). The van der Waals surface area contributed by atoms with Crippen molar-refractivity contribution in [3.8, 4) is 0 Å². The number of nitrogens with one attached hydrogen (secondary N) is 2. The lowest BCUT2D eigenvalue weighted by atomic mass is 10.1. The zero-order valence-electron chi connectivity index (χ0n) is 18.7. The Kier molecular flexibility index (Phi) is 8.92. The molecule has 2 nitrogen and oxygen atoms in total. The van der Waals surface area contributed by atoms with E-state index in [1.54, 1.807) is 0 Å². The molecule has 0 spiro atoms. The average molecular weight is 419 g/mol. The van der Waals surface area contributed by atoms with E-state index < -0.39 is 0 Å². The molecule has 0 fully saturated rings. The van der Waals surface area contributed by atoms with Gasteiger partial charge in [-0.25, -0.2) is 0 Å². The minimum Gasteiger partial charge on any atom is -0.356 e. The first-order valence-electron chi connectivity index (χ1n) is 11.1. The maximum absolute atomic E-state index is 3.45. The first kappa shape index (κ1) is 22.6. The van der Waals surface area contributed by atoms with Crippen LogP contribution in [0, 0.1) is 0 Å². The number of fused-ring (bicyclic) bond motifs is 1. The van der Waals surface area contributed by atoms with E-state index in [0.717, 1.165) is 22.7 Å². The minimum atomic E-state index is 1.11. The highest BCUT2D eigenvalue weighted by Crippen LogP contribution is 2.25. The third kappa shape index (κ3) is 6.75. The van der Waals surface area contributed by atoms with Crippen molar-refractivity contribution < 1.29 is 0 Å². The Morgan fingerprint density at radius 3 is 1.31 bits per heavy atom. The van der Waals surface area contributed by atoms with Gasteiger partial charge in [-0.15, -0.1) is 0 Å². The molecular formula is C30H30N2. The van der Waals surface area contributed by atoms with Gasteiger partial charge in [0.2, 0.25) is 0 Å². The average Bonchev–Trinajstić information content (AvgIpc) is 2.88. The van der Waals surface area contributed by atoms with E-state index >= 15 is 0 Å². The highest BCUT2D eigenvalue weighted by Gasteiger charge is 1.99. The summed E-state index contributed by atoms with van der Waals surface area (Å²) in [7, 11) is 0. The van der Waals surface area contributed by atoms with Gasteiger partial charge in [-0.2, -0.15) is 0 Å². The normalized spacial score (nSPS) is 9.56. The van der Waals surface area contributed by atoms with Crippen LogP contribution in [0.1, 0.15) is 13.8 Å². The van der Waals surface area contributed by atoms with Crippen molar-refractivity contribution in [2.24, 2.45) is 0 Å². The number of benzene rings is 5. The first-order valence-corrected chi connectivity index (χ1v) is 11.1. The number of hydrogen-bond acceptors (Lipinski definition) is 2. The zero-order valence-corrected chi connectivity index (χ0v) is 18.7. The molecule has 0 unspecified atom stereocenters. The highest BCUT2D eigenvalue weighted by atomic mass is 14.9. The fourth-order valence-corrected chi connectivity index (χ4v) is 3.22. The van der Waals surface area contributed by atoms with Crippen LogP contribution in [-0.4, -0.2) is 0 Å². The first-order chi connectivity index (χ1) is 15.9. The molecule has 0 heterocycles. The molecule has 0 aliphatic rings. The molecular weight excluding hydrogens is 388 g/mol. The summed E-state index contributed by atoms with van der Waals surface area (Å²) in [6, 6.07) is 45.2. The largest absolute Gasteiger partial charge is 0.356 e. The van der Waals surface area contributed by atoms with E-state index in [4.69, 9.17) is 0 Å². The van der Waals surface area contributed by atoms with Gasteiger partial charge in [-0.05, 0) is 47.9 Å². The van der Waals surface area contributed by atoms with Crippen LogP contribution < -0.4 is 10.6 Å². The Bertz CT molecular complexity index is 1130. The molecule has 2 heteroatoms. The number of anilines is 4. The van der Waals surface area contributed by atoms with Crippen LogP contribution in [0.4, 0.5) is 22.7 Å². The molecule has 160 valence electrons. The summed E-state index contributed by atoms with van der Waals surface area (Å²) >= 11 is 0. The van der Waals surface area contributed by atoms with Crippen LogP contribution in [0.2, 0.25) is 0 Å². The SMILES string of the molecule is CC.c1ccc(Nc2cccc3ccccc23)cc1.c1ccc(Nc2ccccc2)cc1. The Balaban J connectivity index is 0.000000173. The maximum atomic E-state index is 3.45. The predicted molar refractivity (Wildman–Crippen MR) is 141 cm³/mol. The van der Waals surface area contributed by atoms with Crippen LogP contribution in [0.5, 0.6) is 0 Å². The van der Waals surface area contributed by atoms with E-state index in [2.05, 4.69) is 65.2 Å².